The Morgan fingerprint density at radius 2 is 2.33 bits per heavy atom. The van der Waals surface area contributed by atoms with Crippen LogP contribution in [0.2, 0.25) is 0 Å². The molecule has 0 saturated heterocycles. The number of ether oxygens (including phenoxy) is 1. The molecule has 1 heterocycles. The van der Waals surface area contributed by atoms with E-state index in [9.17, 15) is 0 Å². The van der Waals surface area contributed by atoms with Crippen LogP contribution < -0.4 is 10.2 Å². The van der Waals surface area contributed by atoms with Gasteiger partial charge in [-0.05, 0) is 13.0 Å². The van der Waals surface area contributed by atoms with Crippen molar-refractivity contribution in [3.8, 4) is 0 Å². The maximum Gasteiger partial charge on any atom is 0.185 e. The van der Waals surface area contributed by atoms with E-state index in [0.29, 0.717) is 0 Å². The molecule has 0 amide bonds. The number of hydrogen-bond acceptors (Lipinski definition) is 5. The van der Waals surface area contributed by atoms with Crippen LogP contribution in [0.15, 0.2) is 6.20 Å². The standard InChI is InChI=1S/C10H19N3OS/c1-13(2)10-12-8-9(15-10)7-11-5-4-6-14-3/h8,11H,4-7H2,1-3H3. The maximum absolute atomic E-state index is 4.97. The lowest BCUT2D eigenvalue weighted by atomic mass is 10.4. The number of nitrogens with zero attached hydrogens (tertiary/aromatic N) is 2. The summed E-state index contributed by atoms with van der Waals surface area (Å²) >= 11 is 1.73. The highest BCUT2D eigenvalue weighted by Crippen LogP contribution is 2.19. The summed E-state index contributed by atoms with van der Waals surface area (Å²) in [6, 6.07) is 0. The zero-order chi connectivity index (χ0) is 11.1. The molecule has 1 N–H and O–H groups in total. The molecule has 86 valence electrons. The average Bonchev–Trinajstić information content (AvgIpc) is 2.66. The molecular formula is C10H19N3OS. The summed E-state index contributed by atoms with van der Waals surface area (Å²) in [5, 5.41) is 4.42. The second-order valence-corrected chi connectivity index (χ2v) is 4.62. The zero-order valence-electron chi connectivity index (χ0n) is 9.62. The minimum absolute atomic E-state index is 0.818. The molecule has 0 fully saturated rings. The highest BCUT2D eigenvalue weighted by atomic mass is 32.1. The second kappa shape index (κ2) is 6.76. The minimum Gasteiger partial charge on any atom is -0.385 e. The molecule has 0 aliphatic rings. The van der Waals surface area contributed by atoms with Crippen molar-refractivity contribution >= 4 is 16.5 Å². The third-order valence-electron chi connectivity index (χ3n) is 1.93. The van der Waals surface area contributed by atoms with Crippen molar-refractivity contribution in [2.24, 2.45) is 0 Å². The van der Waals surface area contributed by atoms with Gasteiger partial charge in [0.2, 0.25) is 0 Å². The summed E-state index contributed by atoms with van der Waals surface area (Å²) in [5.74, 6) is 0. The molecule has 0 saturated carbocycles. The Balaban J connectivity index is 2.20. The number of anilines is 1. The van der Waals surface area contributed by atoms with Gasteiger partial charge in [-0.1, -0.05) is 0 Å². The van der Waals surface area contributed by atoms with E-state index in [1.54, 1.807) is 18.4 Å². The lowest BCUT2D eigenvalue weighted by molar-refractivity contribution is 0.194. The summed E-state index contributed by atoms with van der Waals surface area (Å²) < 4.78 is 4.97. The molecule has 0 aliphatic carbocycles. The first-order valence-corrected chi connectivity index (χ1v) is 5.87. The fraction of sp³-hybridized carbons (Fsp3) is 0.700. The number of methoxy groups -OCH3 is 1. The van der Waals surface area contributed by atoms with Crippen LogP contribution in [0, 0.1) is 0 Å². The molecular weight excluding hydrogens is 210 g/mol. The zero-order valence-corrected chi connectivity index (χ0v) is 10.4. The number of hydrogen-bond donors (Lipinski definition) is 1. The Morgan fingerprint density at radius 3 is 2.93 bits per heavy atom. The smallest absolute Gasteiger partial charge is 0.185 e. The van der Waals surface area contributed by atoms with Crippen molar-refractivity contribution in [2.45, 2.75) is 13.0 Å². The van der Waals surface area contributed by atoms with Crippen LogP contribution in [0.25, 0.3) is 0 Å². The van der Waals surface area contributed by atoms with E-state index >= 15 is 0 Å². The topological polar surface area (TPSA) is 37.4 Å². The van der Waals surface area contributed by atoms with Crippen molar-refractivity contribution in [3.63, 3.8) is 0 Å². The molecule has 1 aromatic rings. The summed E-state index contributed by atoms with van der Waals surface area (Å²) in [5.41, 5.74) is 0. The number of nitrogens with one attached hydrogen (secondary N) is 1. The molecule has 0 bridgehead atoms. The van der Waals surface area contributed by atoms with Crippen LogP contribution >= 0.6 is 11.3 Å². The largest absolute Gasteiger partial charge is 0.385 e. The van der Waals surface area contributed by atoms with Gasteiger partial charge in [0.05, 0.1) is 0 Å². The van der Waals surface area contributed by atoms with E-state index in [2.05, 4.69) is 10.3 Å². The van der Waals surface area contributed by atoms with Crippen LogP contribution in [-0.4, -0.2) is 39.3 Å². The molecule has 0 radical (unpaired) electrons. The van der Waals surface area contributed by atoms with Crippen molar-refractivity contribution in [2.75, 3.05) is 39.3 Å². The van der Waals surface area contributed by atoms with Crippen LogP contribution in [0.1, 0.15) is 11.3 Å². The van der Waals surface area contributed by atoms with Gasteiger partial charge in [0, 0.05) is 45.4 Å². The minimum atomic E-state index is 0.818. The van der Waals surface area contributed by atoms with Crippen molar-refractivity contribution in [1.29, 1.82) is 0 Å². The Labute approximate surface area is 95.3 Å². The third kappa shape index (κ3) is 4.59. The van der Waals surface area contributed by atoms with Gasteiger partial charge in [0.25, 0.3) is 0 Å². The quantitative estimate of drug-likeness (QED) is 0.716. The lowest BCUT2D eigenvalue weighted by Crippen LogP contribution is -2.15. The number of aromatic nitrogens is 1. The second-order valence-electron chi connectivity index (χ2n) is 3.53. The van der Waals surface area contributed by atoms with Crippen molar-refractivity contribution < 1.29 is 4.74 Å². The third-order valence-corrected chi connectivity index (χ3v) is 3.09. The fourth-order valence-electron chi connectivity index (χ4n) is 1.14. The van der Waals surface area contributed by atoms with E-state index in [1.807, 2.05) is 25.2 Å². The van der Waals surface area contributed by atoms with E-state index in [4.69, 9.17) is 4.74 Å². The summed E-state index contributed by atoms with van der Waals surface area (Å²) in [6.07, 6.45) is 2.99. The van der Waals surface area contributed by atoms with Crippen LogP contribution in [0.3, 0.4) is 0 Å². The number of rotatable bonds is 7. The molecule has 0 atom stereocenters. The van der Waals surface area contributed by atoms with E-state index in [0.717, 1.165) is 31.2 Å². The molecule has 0 aromatic carbocycles. The average molecular weight is 229 g/mol. The van der Waals surface area contributed by atoms with E-state index < -0.39 is 0 Å². The molecule has 0 unspecified atom stereocenters. The van der Waals surface area contributed by atoms with Gasteiger partial charge >= 0.3 is 0 Å². The Hall–Kier alpha value is -0.650. The predicted octanol–water partition coefficient (Wildman–Crippen LogP) is 1.34. The highest BCUT2D eigenvalue weighted by molar-refractivity contribution is 7.15. The van der Waals surface area contributed by atoms with E-state index in [1.165, 1.54) is 4.88 Å². The molecule has 1 rings (SSSR count). The summed E-state index contributed by atoms with van der Waals surface area (Å²) in [7, 11) is 5.75. The van der Waals surface area contributed by atoms with Crippen LogP contribution in [0.5, 0.6) is 0 Å². The highest BCUT2D eigenvalue weighted by Gasteiger charge is 2.02. The van der Waals surface area contributed by atoms with E-state index in [-0.39, 0.29) is 0 Å². The van der Waals surface area contributed by atoms with Gasteiger partial charge in [-0.25, -0.2) is 4.98 Å². The summed E-state index contributed by atoms with van der Waals surface area (Å²) in [4.78, 5) is 7.61. The summed E-state index contributed by atoms with van der Waals surface area (Å²) in [6.45, 7) is 2.71. The Bertz CT molecular complexity index is 275. The van der Waals surface area contributed by atoms with Crippen molar-refractivity contribution in [3.05, 3.63) is 11.1 Å². The van der Waals surface area contributed by atoms with Gasteiger partial charge < -0.3 is 15.0 Å². The molecule has 0 aliphatic heterocycles. The van der Waals surface area contributed by atoms with Crippen molar-refractivity contribution in [1.82, 2.24) is 10.3 Å². The van der Waals surface area contributed by atoms with Gasteiger partial charge in [-0.3, -0.25) is 0 Å². The predicted molar refractivity (Wildman–Crippen MR) is 64.6 cm³/mol. The number of thiazole rings is 1. The van der Waals surface area contributed by atoms with Crippen LogP contribution in [-0.2, 0) is 11.3 Å². The fourth-order valence-corrected chi connectivity index (χ4v) is 1.94. The molecule has 4 nitrogen and oxygen atoms in total. The first kappa shape index (κ1) is 12.4. The SMILES string of the molecule is COCCCNCc1cnc(N(C)C)s1. The first-order chi connectivity index (χ1) is 7.24. The maximum atomic E-state index is 4.97. The molecule has 15 heavy (non-hydrogen) atoms. The van der Waals surface area contributed by atoms with Gasteiger partial charge in [-0.15, -0.1) is 11.3 Å². The van der Waals surface area contributed by atoms with Crippen LogP contribution in [0.4, 0.5) is 5.13 Å². The van der Waals surface area contributed by atoms with Gasteiger partial charge in [0.1, 0.15) is 0 Å². The Morgan fingerprint density at radius 1 is 1.53 bits per heavy atom. The first-order valence-electron chi connectivity index (χ1n) is 5.05. The normalized spacial score (nSPS) is 10.6. The molecule has 1 aromatic heterocycles. The Kier molecular flexibility index (Phi) is 5.60. The van der Waals surface area contributed by atoms with Gasteiger partial charge in [0.15, 0.2) is 5.13 Å². The lowest BCUT2D eigenvalue weighted by Gasteiger charge is -2.05. The molecule has 5 heteroatoms. The monoisotopic (exact) mass is 229 g/mol. The molecule has 0 spiro atoms. The van der Waals surface area contributed by atoms with Gasteiger partial charge in [-0.2, -0.15) is 0 Å².